The summed E-state index contributed by atoms with van der Waals surface area (Å²) in [6, 6.07) is 1.38. The number of halogens is 5. The van der Waals surface area contributed by atoms with Gasteiger partial charge in [0.2, 0.25) is 0 Å². The number of alkyl halides is 3. The van der Waals surface area contributed by atoms with Gasteiger partial charge in [0.25, 0.3) is 10.0 Å². The molecule has 126 valence electrons. The molecule has 1 aromatic carbocycles. The number of nitrogens with one attached hydrogen (secondary N) is 1. The molecular formula is C12H10ClF4N3O2S. The van der Waals surface area contributed by atoms with Crippen LogP contribution >= 0.6 is 11.6 Å². The van der Waals surface area contributed by atoms with E-state index in [0.717, 1.165) is 4.68 Å². The van der Waals surface area contributed by atoms with Crippen molar-refractivity contribution >= 4 is 27.3 Å². The quantitative estimate of drug-likeness (QED) is 0.842. The zero-order valence-electron chi connectivity index (χ0n) is 11.7. The molecule has 5 nitrogen and oxygen atoms in total. The fourth-order valence-electron chi connectivity index (χ4n) is 1.93. The minimum Gasteiger partial charge on any atom is -0.279 e. The van der Waals surface area contributed by atoms with Crippen molar-refractivity contribution in [3.63, 3.8) is 0 Å². The largest absolute Gasteiger partial charge is 0.416 e. The maximum absolute atomic E-state index is 13.3. The van der Waals surface area contributed by atoms with Crippen LogP contribution in [0.5, 0.6) is 0 Å². The van der Waals surface area contributed by atoms with Gasteiger partial charge in [-0.25, -0.2) is 12.8 Å². The predicted molar refractivity (Wildman–Crippen MR) is 75.2 cm³/mol. The number of sulfonamides is 1. The molecule has 0 aliphatic carbocycles. The number of aryl methyl sites for hydroxylation is 2. The van der Waals surface area contributed by atoms with E-state index in [0.29, 0.717) is 12.1 Å². The normalized spacial score (nSPS) is 12.5. The van der Waals surface area contributed by atoms with Crippen molar-refractivity contribution < 1.29 is 26.0 Å². The molecule has 1 aromatic heterocycles. The van der Waals surface area contributed by atoms with Gasteiger partial charge in [-0.2, -0.15) is 18.3 Å². The predicted octanol–water partition coefficient (Wildman–Crippen LogP) is 3.34. The zero-order valence-corrected chi connectivity index (χ0v) is 13.3. The van der Waals surface area contributed by atoms with Crippen LogP contribution in [0.15, 0.2) is 23.1 Å². The van der Waals surface area contributed by atoms with Crippen LogP contribution in [0.2, 0.25) is 5.15 Å². The van der Waals surface area contributed by atoms with Crippen molar-refractivity contribution in [1.82, 2.24) is 9.78 Å². The molecule has 0 bridgehead atoms. The highest BCUT2D eigenvalue weighted by Crippen LogP contribution is 2.33. The summed E-state index contributed by atoms with van der Waals surface area (Å²) >= 11 is 5.83. The van der Waals surface area contributed by atoms with E-state index in [1.807, 2.05) is 4.72 Å². The van der Waals surface area contributed by atoms with Gasteiger partial charge in [-0.15, -0.1) is 0 Å². The number of aromatic nitrogens is 2. The third kappa shape index (κ3) is 3.58. The van der Waals surface area contributed by atoms with Gasteiger partial charge in [-0.05, 0) is 25.1 Å². The lowest BCUT2D eigenvalue weighted by Gasteiger charge is -2.11. The molecule has 0 unspecified atom stereocenters. The molecule has 1 heterocycles. The molecular weight excluding hydrogens is 362 g/mol. The van der Waals surface area contributed by atoms with Gasteiger partial charge in [-0.3, -0.25) is 9.40 Å². The Hall–Kier alpha value is -1.81. The molecule has 0 saturated heterocycles. The Morgan fingerprint density at radius 3 is 2.35 bits per heavy atom. The van der Waals surface area contributed by atoms with E-state index in [1.54, 1.807) is 0 Å². The third-order valence-corrected chi connectivity index (χ3v) is 4.92. The van der Waals surface area contributed by atoms with Crippen molar-refractivity contribution in [3.05, 3.63) is 40.4 Å². The number of hydrogen-bond donors (Lipinski definition) is 1. The smallest absolute Gasteiger partial charge is 0.279 e. The molecule has 2 rings (SSSR count). The van der Waals surface area contributed by atoms with Crippen molar-refractivity contribution in [2.24, 2.45) is 7.05 Å². The molecule has 1 N–H and O–H groups in total. The van der Waals surface area contributed by atoms with Gasteiger partial charge >= 0.3 is 6.18 Å². The lowest BCUT2D eigenvalue weighted by atomic mass is 10.2. The molecule has 0 aliphatic rings. The second-order valence-electron chi connectivity index (χ2n) is 4.66. The molecule has 0 saturated carbocycles. The highest BCUT2D eigenvalue weighted by Gasteiger charge is 2.32. The molecule has 2 aromatic rings. The summed E-state index contributed by atoms with van der Waals surface area (Å²) in [7, 11) is -2.93. The monoisotopic (exact) mass is 371 g/mol. The minimum absolute atomic E-state index is 0.0532. The Morgan fingerprint density at radius 2 is 1.87 bits per heavy atom. The van der Waals surface area contributed by atoms with Gasteiger partial charge in [0.05, 0.1) is 16.9 Å². The van der Waals surface area contributed by atoms with Crippen LogP contribution in [-0.4, -0.2) is 18.2 Å². The maximum atomic E-state index is 13.3. The molecule has 11 heteroatoms. The van der Waals surface area contributed by atoms with Gasteiger partial charge < -0.3 is 0 Å². The fourth-order valence-corrected chi connectivity index (χ4v) is 3.73. The van der Waals surface area contributed by atoms with Gasteiger partial charge in [0.1, 0.15) is 15.9 Å². The van der Waals surface area contributed by atoms with E-state index in [4.69, 9.17) is 11.6 Å². The summed E-state index contributed by atoms with van der Waals surface area (Å²) in [6.07, 6.45) is -4.82. The zero-order chi connectivity index (χ0) is 17.6. The van der Waals surface area contributed by atoms with Crippen LogP contribution in [0.25, 0.3) is 0 Å². The second-order valence-corrected chi connectivity index (χ2v) is 6.64. The third-order valence-electron chi connectivity index (χ3n) is 2.85. The topological polar surface area (TPSA) is 64.0 Å². The number of rotatable bonds is 3. The first-order valence-corrected chi connectivity index (χ1v) is 7.87. The number of hydrogen-bond acceptors (Lipinski definition) is 3. The second kappa shape index (κ2) is 5.68. The summed E-state index contributed by atoms with van der Waals surface area (Å²) in [4.78, 5) is -0.389. The average Bonchev–Trinajstić information content (AvgIpc) is 2.60. The molecule has 0 spiro atoms. The Labute approximate surface area is 133 Å². The summed E-state index contributed by atoms with van der Waals surface area (Å²) in [5.41, 5.74) is -1.83. The van der Waals surface area contributed by atoms with E-state index in [2.05, 4.69) is 5.10 Å². The van der Waals surface area contributed by atoms with Crippen molar-refractivity contribution in [1.29, 1.82) is 0 Å². The van der Waals surface area contributed by atoms with Crippen LogP contribution in [0, 0.1) is 12.7 Å². The standard InChI is InChI=1S/C12H10ClF4N3O2S/c1-6-10(11(13)20(2)18-6)23(21,22)19-9-4-7(12(15,16)17)3-8(14)5-9/h3-5,19H,1-2H3. The van der Waals surface area contributed by atoms with E-state index in [1.165, 1.54) is 14.0 Å². The summed E-state index contributed by atoms with van der Waals surface area (Å²) < 4.78 is 78.8. The summed E-state index contributed by atoms with van der Waals surface area (Å²) in [6.45, 7) is 1.37. The fraction of sp³-hybridized carbons (Fsp3) is 0.250. The highest BCUT2D eigenvalue weighted by molar-refractivity contribution is 7.92. The molecule has 0 atom stereocenters. The maximum Gasteiger partial charge on any atom is 0.416 e. The molecule has 0 radical (unpaired) electrons. The van der Waals surface area contributed by atoms with Crippen LogP contribution in [-0.2, 0) is 23.2 Å². The molecule has 0 fully saturated rings. The Kier molecular flexibility index (Phi) is 4.33. The van der Waals surface area contributed by atoms with Crippen LogP contribution < -0.4 is 4.72 Å². The Bertz CT molecular complexity index is 862. The van der Waals surface area contributed by atoms with Crippen molar-refractivity contribution in [2.45, 2.75) is 18.0 Å². The lowest BCUT2D eigenvalue weighted by Crippen LogP contribution is -2.15. The van der Waals surface area contributed by atoms with Gasteiger partial charge in [0.15, 0.2) is 0 Å². The SMILES string of the molecule is Cc1nn(C)c(Cl)c1S(=O)(=O)Nc1cc(F)cc(C(F)(F)F)c1. The average molecular weight is 372 g/mol. The van der Waals surface area contributed by atoms with Gasteiger partial charge in [0, 0.05) is 7.05 Å². The van der Waals surface area contributed by atoms with E-state index >= 15 is 0 Å². The van der Waals surface area contributed by atoms with Crippen molar-refractivity contribution in [2.75, 3.05) is 4.72 Å². The van der Waals surface area contributed by atoms with E-state index in [9.17, 15) is 26.0 Å². The first kappa shape index (κ1) is 17.5. The Balaban J connectivity index is 2.48. The van der Waals surface area contributed by atoms with Crippen LogP contribution in [0.1, 0.15) is 11.3 Å². The van der Waals surface area contributed by atoms with Crippen LogP contribution in [0.4, 0.5) is 23.2 Å². The number of anilines is 1. The lowest BCUT2D eigenvalue weighted by molar-refractivity contribution is -0.137. The molecule has 23 heavy (non-hydrogen) atoms. The molecule has 0 aliphatic heterocycles. The number of nitrogens with zero attached hydrogens (tertiary/aromatic N) is 2. The number of benzene rings is 1. The minimum atomic E-state index is -4.82. The summed E-state index contributed by atoms with van der Waals surface area (Å²) in [5.74, 6) is -1.23. The summed E-state index contributed by atoms with van der Waals surface area (Å²) in [5, 5.41) is 3.58. The highest BCUT2D eigenvalue weighted by atomic mass is 35.5. The molecule has 0 amide bonds. The first-order chi connectivity index (χ1) is 10.4. The van der Waals surface area contributed by atoms with Crippen molar-refractivity contribution in [3.8, 4) is 0 Å². The van der Waals surface area contributed by atoms with E-state index < -0.39 is 33.3 Å². The first-order valence-electron chi connectivity index (χ1n) is 6.01. The van der Waals surface area contributed by atoms with Gasteiger partial charge in [-0.1, -0.05) is 11.6 Å². The van der Waals surface area contributed by atoms with E-state index in [-0.39, 0.29) is 21.8 Å². The van der Waals surface area contributed by atoms with Crippen LogP contribution in [0.3, 0.4) is 0 Å². The Morgan fingerprint density at radius 1 is 1.26 bits per heavy atom.